The van der Waals surface area contributed by atoms with Crippen LogP contribution in [0.2, 0.25) is 0 Å². The number of carbonyl (C=O) groups excluding carboxylic acids is 1. The van der Waals surface area contributed by atoms with Crippen molar-refractivity contribution in [1.29, 1.82) is 0 Å². The van der Waals surface area contributed by atoms with Gasteiger partial charge in [-0.05, 0) is 32.1 Å². The summed E-state index contributed by atoms with van der Waals surface area (Å²) < 4.78 is 33.9. The van der Waals surface area contributed by atoms with Crippen LogP contribution in [0.1, 0.15) is 18.6 Å². The van der Waals surface area contributed by atoms with Gasteiger partial charge in [0.15, 0.2) is 11.6 Å². The average Bonchev–Trinajstić information content (AvgIpc) is 3.20. The van der Waals surface area contributed by atoms with E-state index < -0.39 is 21.7 Å². The highest BCUT2D eigenvalue weighted by Crippen LogP contribution is 2.25. The summed E-state index contributed by atoms with van der Waals surface area (Å²) in [5.74, 6) is 0.501. The summed E-state index contributed by atoms with van der Waals surface area (Å²) in [5.41, 5.74) is -0.673. The number of aromatic nitrogens is 5. The van der Waals surface area contributed by atoms with Crippen LogP contribution in [-0.4, -0.2) is 38.9 Å². The van der Waals surface area contributed by atoms with Crippen molar-refractivity contribution in [2.45, 2.75) is 18.7 Å². The number of rotatable bonds is 4. The van der Waals surface area contributed by atoms with Gasteiger partial charge in [-0.15, -0.1) is 9.78 Å². The molecule has 1 N–H and O–H groups in total. The molecule has 28 heavy (non-hydrogen) atoms. The van der Waals surface area contributed by atoms with Crippen LogP contribution < -0.4 is 10.4 Å². The fourth-order valence-corrected chi connectivity index (χ4v) is 3.51. The first-order valence-electron chi connectivity index (χ1n) is 8.00. The molecule has 2 heterocycles. The Balaban J connectivity index is 1.99. The van der Waals surface area contributed by atoms with Gasteiger partial charge in [-0.2, -0.15) is 4.98 Å². The highest BCUT2D eigenvalue weighted by atomic mass is 32.2. The van der Waals surface area contributed by atoms with Crippen LogP contribution in [0.5, 0.6) is 0 Å². The number of aryl methyl sites for hydroxylation is 1. The standard InChI is InChI=1S/C16H16N6O5S/c1-4-7-13-18-22(16(24)21(13)3)15(23)20-28(25,26)12-9-6-5-8-11(12)14-17-10(2)19-27-14/h4-9H,1-3H3,(H,20,23)/b7-4+. The zero-order valence-electron chi connectivity index (χ0n) is 15.1. The molecular formula is C16H16N6O5S. The zero-order valence-corrected chi connectivity index (χ0v) is 16.0. The summed E-state index contributed by atoms with van der Waals surface area (Å²) in [4.78, 5) is 28.3. The lowest BCUT2D eigenvalue weighted by atomic mass is 10.2. The van der Waals surface area contributed by atoms with E-state index in [1.54, 1.807) is 26.0 Å². The van der Waals surface area contributed by atoms with Crippen LogP contribution in [0.15, 0.2) is 44.6 Å². The topological polar surface area (TPSA) is 142 Å². The van der Waals surface area contributed by atoms with Crippen LogP contribution in [0.25, 0.3) is 17.5 Å². The third-order valence-corrected chi connectivity index (χ3v) is 5.06. The summed E-state index contributed by atoms with van der Waals surface area (Å²) in [6.45, 7) is 3.30. The van der Waals surface area contributed by atoms with Crippen LogP contribution in [0.3, 0.4) is 0 Å². The highest BCUT2D eigenvalue weighted by Gasteiger charge is 2.26. The number of hydrogen-bond acceptors (Lipinski definition) is 8. The lowest BCUT2D eigenvalue weighted by Gasteiger charge is -2.08. The first-order chi connectivity index (χ1) is 13.2. The van der Waals surface area contributed by atoms with Crippen molar-refractivity contribution < 1.29 is 17.7 Å². The first kappa shape index (κ1) is 19.2. The normalized spacial score (nSPS) is 11.8. The molecule has 0 radical (unpaired) electrons. The third kappa shape index (κ3) is 3.49. The van der Waals surface area contributed by atoms with Crippen molar-refractivity contribution >= 4 is 22.1 Å². The number of sulfonamides is 1. The van der Waals surface area contributed by atoms with Gasteiger partial charge >= 0.3 is 11.7 Å². The summed E-state index contributed by atoms with van der Waals surface area (Å²) >= 11 is 0. The molecule has 12 heteroatoms. The number of hydrogen-bond donors (Lipinski definition) is 1. The van der Waals surface area contributed by atoms with E-state index in [4.69, 9.17) is 4.52 Å². The van der Waals surface area contributed by atoms with Gasteiger partial charge in [-0.3, -0.25) is 4.57 Å². The second-order valence-corrected chi connectivity index (χ2v) is 7.32. The van der Waals surface area contributed by atoms with Crippen LogP contribution >= 0.6 is 0 Å². The lowest BCUT2D eigenvalue weighted by Crippen LogP contribution is -2.40. The van der Waals surface area contributed by atoms with E-state index in [0.29, 0.717) is 10.5 Å². The van der Waals surface area contributed by atoms with Gasteiger partial charge in [-0.1, -0.05) is 23.4 Å². The molecule has 1 amide bonds. The Labute approximate surface area is 159 Å². The van der Waals surface area contributed by atoms with E-state index in [1.165, 1.54) is 31.3 Å². The summed E-state index contributed by atoms with van der Waals surface area (Å²) in [5, 5.41) is 7.46. The maximum atomic E-state index is 12.8. The predicted molar refractivity (Wildman–Crippen MR) is 97.8 cm³/mol. The second kappa shape index (κ2) is 7.23. The molecule has 0 bridgehead atoms. The summed E-state index contributed by atoms with van der Waals surface area (Å²) in [7, 11) is -2.95. The number of nitrogens with zero attached hydrogens (tertiary/aromatic N) is 5. The minimum absolute atomic E-state index is 0.0173. The van der Waals surface area contributed by atoms with E-state index in [-0.39, 0.29) is 22.2 Å². The average molecular weight is 404 g/mol. The minimum atomic E-state index is -4.36. The van der Waals surface area contributed by atoms with E-state index in [0.717, 1.165) is 4.57 Å². The zero-order chi connectivity index (χ0) is 20.5. The Kier molecular flexibility index (Phi) is 4.96. The van der Waals surface area contributed by atoms with E-state index in [2.05, 4.69) is 15.2 Å². The molecule has 0 unspecified atom stereocenters. The molecule has 0 spiro atoms. The Morgan fingerprint density at radius 2 is 2.00 bits per heavy atom. The molecule has 0 atom stereocenters. The Hall–Kier alpha value is -3.54. The molecular weight excluding hydrogens is 388 g/mol. The quantitative estimate of drug-likeness (QED) is 0.676. The smallest absolute Gasteiger partial charge is 0.334 e. The van der Waals surface area contributed by atoms with Gasteiger partial charge in [0.25, 0.3) is 15.9 Å². The first-order valence-corrected chi connectivity index (χ1v) is 9.48. The largest absolute Gasteiger partial charge is 0.360 e. The lowest BCUT2D eigenvalue weighted by molar-refractivity contribution is 0.243. The number of amides is 1. The fourth-order valence-electron chi connectivity index (χ4n) is 2.38. The van der Waals surface area contributed by atoms with Crippen molar-refractivity contribution in [2.75, 3.05) is 0 Å². The third-order valence-electron chi connectivity index (χ3n) is 3.68. The van der Waals surface area contributed by atoms with E-state index >= 15 is 0 Å². The van der Waals surface area contributed by atoms with Gasteiger partial charge in [0.2, 0.25) is 0 Å². The van der Waals surface area contributed by atoms with Crippen LogP contribution in [0, 0.1) is 6.92 Å². The number of benzene rings is 1. The summed E-state index contributed by atoms with van der Waals surface area (Å²) in [6.07, 6.45) is 3.14. The SMILES string of the molecule is C/C=C/c1nn(C(=O)NS(=O)(=O)c2ccccc2-c2nc(C)no2)c(=O)n1C. The predicted octanol–water partition coefficient (Wildman–Crippen LogP) is 0.920. The molecule has 3 aromatic rings. The monoisotopic (exact) mass is 404 g/mol. The van der Waals surface area contributed by atoms with Gasteiger partial charge in [-0.25, -0.2) is 22.7 Å². The summed E-state index contributed by atoms with van der Waals surface area (Å²) in [6, 6.07) is 4.58. The van der Waals surface area contributed by atoms with Gasteiger partial charge in [0.05, 0.1) is 5.56 Å². The molecule has 0 saturated carbocycles. The molecule has 11 nitrogen and oxygen atoms in total. The van der Waals surface area contributed by atoms with Gasteiger partial charge in [0.1, 0.15) is 4.90 Å². The van der Waals surface area contributed by atoms with Gasteiger partial charge < -0.3 is 4.52 Å². The van der Waals surface area contributed by atoms with Crippen molar-refractivity contribution in [3.05, 3.63) is 52.5 Å². The minimum Gasteiger partial charge on any atom is -0.334 e. The number of carbonyl (C=O) groups is 1. The van der Waals surface area contributed by atoms with Crippen LogP contribution in [-0.2, 0) is 17.1 Å². The maximum absolute atomic E-state index is 12.8. The maximum Gasteiger partial charge on any atom is 0.360 e. The second-order valence-electron chi connectivity index (χ2n) is 5.67. The highest BCUT2D eigenvalue weighted by molar-refractivity contribution is 7.90. The fraction of sp³-hybridized carbons (Fsp3) is 0.188. The van der Waals surface area contributed by atoms with E-state index in [1.807, 2.05) is 4.72 Å². The Morgan fingerprint density at radius 1 is 1.29 bits per heavy atom. The van der Waals surface area contributed by atoms with Crippen molar-refractivity contribution in [3.8, 4) is 11.5 Å². The molecule has 0 aliphatic carbocycles. The van der Waals surface area contributed by atoms with Crippen LogP contribution in [0.4, 0.5) is 4.79 Å². The molecule has 3 rings (SSSR count). The number of nitrogens with one attached hydrogen (secondary N) is 1. The molecule has 0 saturated heterocycles. The molecule has 0 fully saturated rings. The number of allylic oxidation sites excluding steroid dienone is 1. The molecule has 0 aliphatic rings. The van der Waals surface area contributed by atoms with Crippen molar-refractivity contribution in [1.82, 2.24) is 29.2 Å². The Bertz CT molecular complexity index is 1230. The van der Waals surface area contributed by atoms with Gasteiger partial charge in [0, 0.05) is 7.05 Å². The molecule has 0 aliphatic heterocycles. The molecule has 2 aromatic heterocycles. The van der Waals surface area contributed by atoms with Crippen molar-refractivity contribution in [3.63, 3.8) is 0 Å². The van der Waals surface area contributed by atoms with E-state index in [9.17, 15) is 18.0 Å². The van der Waals surface area contributed by atoms with Crippen molar-refractivity contribution in [2.24, 2.45) is 7.05 Å². The Morgan fingerprint density at radius 3 is 2.64 bits per heavy atom. The molecule has 146 valence electrons. The molecule has 1 aromatic carbocycles.